The molecule has 1 aromatic heterocycles. The molecule has 0 aromatic carbocycles. The molecule has 3 atom stereocenters. The van der Waals surface area contributed by atoms with Crippen molar-refractivity contribution in [1.29, 1.82) is 0 Å². The first-order valence-corrected chi connectivity index (χ1v) is 8.95. The third-order valence-corrected chi connectivity index (χ3v) is 5.56. The van der Waals surface area contributed by atoms with Gasteiger partial charge in [0.05, 0.1) is 0 Å². The minimum Gasteiger partial charge on any atom is -0.462 e. The summed E-state index contributed by atoms with van der Waals surface area (Å²) < 4.78 is 45.1. The Morgan fingerprint density at radius 1 is 1.31 bits per heavy atom. The van der Waals surface area contributed by atoms with Crippen molar-refractivity contribution in [3.8, 4) is 0 Å². The van der Waals surface area contributed by atoms with Crippen LogP contribution in [0, 0.1) is 11.8 Å². The van der Waals surface area contributed by atoms with Crippen molar-refractivity contribution in [1.82, 2.24) is 9.97 Å². The molecule has 142 valence electrons. The second-order valence-corrected chi connectivity index (χ2v) is 7.28. The van der Waals surface area contributed by atoms with Crippen molar-refractivity contribution >= 4 is 17.7 Å². The van der Waals surface area contributed by atoms with Gasteiger partial charge in [-0.1, -0.05) is 6.92 Å². The van der Waals surface area contributed by atoms with Gasteiger partial charge in [-0.05, 0) is 13.3 Å². The zero-order valence-corrected chi connectivity index (χ0v) is 14.7. The van der Waals surface area contributed by atoms with E-state index in [9.17, 15) is 18.0 Å². The molecule has 3 aliphatic rings. The number of esters is 1. The lowest BCUT2D eigenvalue weighted by molar-refractivity contribution is -0.145. The SMILES string of the molecule is CCC(=O)OC1C2CN(c3cc(C(F)(F)F)nc(N4CC[C@@H]4C)n3)CC21. The molecule has 2 unspecified atom stereocenters. The zero-order valence-electron chi connectivity index (χ0n) is 14.7. The summed E-state index contributed by atoms with van der Waals surface area (Å²) in [5, 5.41) is 0. The molecule has 0 spiro atoms. The lowest BCUT2D eigenvalue weighted by Crippen LogP contribution is -2.47. The molecule has 0 amide bonds. The number of alkyl halides is 3. The van der Waals surface area contributed by atoms with Crippen molar-refractivity contribution in [3.05, 3.63) is 11.8 Å². The predicted molar refractivity (Wildman–Crippen MR) is 87.8 cm³/mol. The lowest BCUT2D eigenvalue weighted by Gasteiger charge is -2.39. The summed E-state index contributed by atoms with van der Waals surface area (Å²) in [5.74, 6) is 0.575. The highest BCUT2D eigenvalue weighted by Gasteiger charge is 2.59. The first-order chi connectivity index (χ1) is 12.3. The van der Waals surface area contributed by atoms with Gasteiger partial charge in [0.15, 0.2) is 5.69 Å². The standard InChI is InChI=1S/C17H21F3N4O2/c1-3-14(25)26-15-10-7-23(8-11(10)15)13-6-12(17(18,19)20)21-16(22-13)24-5-4-9(24)2/h6,9-11,15H,3-5,7-8H2,1-2H3/t9-,10?,11?,15?/m0/s1. The van der Waals surface area contributed by atoms with Crippen LogP contribution < -0.4 is 9.80 Å². The van der Waals surface area contributed by atoms with E-state index >= 15 is 0 Å². The molecule has 9 heteroatoms. The molecule has 1 aromatic rings. The van der Waals surface area contributed by atoms with E-state index in [4.69, 9.17) is 4.74 Å². The number of ether oxygens (including phenoxy) is 1. The summed E-state index contributed by atoms with van der Waals surface area (Å²) in [5.41, 5.74) is -0.911. The van der Waals surface area contributed by atoms with Crippen LogP contribution in [0.5, 0.6) is 0 Å². The van der Waals surface area contributed by atoms with Crippen LogP contribution in [-0.2, 0) is 15.7 Å². The normalized spacial score (nSPS) is 30.0. The molecule has 1 saturated carbocycles. The first kappa shape index (κ1) is 17.4. The second-order valence-electron chi connectivity index (χ2n) is 7.28. The van der Waals surface area contributed by atoms with E-state index in [0.29, 0.717) is 31.9 Å². The van der Waals surface area contributed by atoms with Crippen molar-refractivity contribution in [2.45, 2.75) is 45.0 Å². The number of carbonyl (C=O) groups excluding carboxylic acids is 1. The Bertz CT molecular complexity index is 714. The third kappa shape index (κ3) is 2.97. The molecule has 0 radical (unpaired) electrons. The van der Waals surface area contributed by atoms with Crippen molar-refractivity contribution in [2.24, 2.45) is 11.8 Å². The maximum atomic E-state index is 13.3. The van der Waals surface area contributed by atoms with Crippen LogP contribution >= 0.6 is 0 Å². The van der Waals surface area contributed by atoms with Gasteiger partial charge in [-0.15, -0.1) is 0 Å². The molecule has 26 heavy (non-hydrogen) atoms. The Morgan fingerprint density at radius 3 is 2.50 bits per heavy atom. The zero-order chi connectivity index (χ0) is 18.6. The van der Waals surface area contributed by atoms with Crippen molar-refractivity contribution in [2.75, 3.05) is 29.4 Å². The number of anilines is 2. The summed E-state index contributed by atoms with van der Waals surface area (Å²) in [6, 6.07) is 1.17. The van der Waals surface area contributed by atoms with Gasteiger partial charge in [0.25, 0.3) is 0 Å². The minimum absolute atomic E-state index is 0.0995. The Kier molecular flexibility index (Phi) is 4.00. The van der Waals surface area contributed by atoms with E-state index in [1.54, 1.807) is 11.8 Å². The number of fused-ring (bicyclic) bond motifs is 1. The van der Waals surface area contributed by atoms with E-state index in [0.717, 1.165) is 12.5 Å². The van der Waals surface area contributed by atoms with Gasteiger partial charge in [0, 0.05) is 50.0 Å². The number of aromatic nitrogens is 2. The second kappa shape index (κ2) is 5.99. The molecular formula is C17H21F3N4O2. The molecule has 3 fully saturated rings. The molecule has 1 aliphatic carbocycles. The summed E-state index contributed by atoms with van der Waals surface area (Å²) in [4.78, 5) is 23.2. The highest BCUT2D eigenvalue weighted by molar-refractivity contribution is 5.69. The van der Waals surface area contributed by atoms with Gasteiger partial charge in [-0.2, -0.15) is 18.2 Å². The van der Waals surface area contributed by atoms with Gasteiger partial charge in [0.2, 0.25) is 5.95 Å². The largest absolute Gasteiger partial charge is 0.462 e. The number of halogens is 3. The van der Waals surface area contributed by atoms with Gasteiger partial charge in [-0.3, -0.25) is 4.79 Å². The summed E-state index contributed by atoms with van der Waals surface area (Å²) in [7, 11) is 0. The Balaban J connectivity index is 1.52. The Hall–Kier alpha value is -2.06. The summed E-state index contributed by atoms with van der Waals surface area (Å²) in [6.45, 7) is 5.46. The van der Waals surface area contributed by atoms with Gasteiger partial charge < -0.3 is 14.5 Å². The van der Waals surface area contributed by atoms with Crippen LogP contribution in [0.4, 0.5) is 24.9 Å². The van der Waals surface area contributed by atoms with Crippen LogP contribution in [0.3, 0.4) is 0 Å². The maximum Gasteiger partial charge on any atom is 0.433 e. The lowest BCUT2D eigenvalue weighted by atomic mass is 10.1. The molecular weight excluding hydrogens is 349 g/mol. The molecule has 3 heterocycles. The van der Waals surface area contributed by atoms with Gasteiger partial charge in [-0.25, -0.2) is 4.98 Å². The molecule has 2 aliphatic heterocycles. The molecule has 4 rings (SSSR count). The van der Waals surface area contributed by atoms with Crippen LogP contribution in [0.25, 0.3) is 0 Å². The van der Waals surface area contributed by atoms with E-state index in [-0.39, 0.29) is 35.9 Å². The minimum atomic E-state index is -4.51. The van der Waals surface area contributed by atoms with Gasteiger partial charge >= 0.3 is 12.1 Å². The number of carbonyl (C=O) groups is 1. The quantitative estimate of drug-likeness (QED) is 0.759. The monoisotopic (exact) mass is 370 g/mol. The topological polar surface area (TPSA) is 58.6 Å². The van der Waals surface area contributed by atoms with Crippen LogP contribution in [-0.4, -0.2) is 47.7 Å². The van der Waals surface area contributed by atoms with Gasteiger partial charge in [0.1, 0.15) is 11.9 Å². The van der Waals surface area contributed by atoms with Crippen molar-refractivity contribution < 1.29 is 22.7 Å². The number of hydrogen-bond acceptors (Lipinski definition) is 6. The van der Waals surface area contributed by atoms with E-state index in [1.165, 1.54) is 0 Å². The molecule has 6 nitrogen and oxygen atoms in total. The highest BCUT2D eigenvalue weighted by Crippen LogP contribution is 2.49. The molecule has 0 N–H and O–H groups in total. The fourth-order valence-electron chi connectivity index (χ4n) is 3.74. The molecule has 2 saturated heterocycles. The van der Waals surface area contributed by atoms with E-state index in [1.807, 2.05) is 11.8 Å². The predicted octanol–water partition coefficient (Wildman–Crippen LogP) is 2.48. The van der Waals surface area contributed by atoms with Crippen molar-refractivity contribution in [3.63, 3.8) is 0 Å². The fourth-order valence-corrected chi connectivity index (χ4v) is 3.74. The third-order valence-electron chi connectivity index (χ3n) is 5.56. The maximum absolute atomic E-state index is 13.3. The summed E-state index contributed by atoms with van der Waals surface area (Å²) in [6.07, 6.45) is -3.36. The molecule has 0 bridgehead atoms. The van der Waals surface area contributed by atoms with Crippen LogP contribution in [0.1, 0.15) is 32.4 Å². The number of nitrogens with zero attached hydrogens (tertiary/aromatic N) is 4. The van der Waals surface area contributed by atoms with Crippen LogP contribution in [0.2, 0.25) is 0 Å². The van der Waals surface area contributed by atoms with E-state index in [2.05, 4.69) is 9.97 Å². The highest BCUT2D eigenvalue weighted by atomic mass is 19.4. The Labute approximate surface area is 149 Å². The Morgan fingerprint density at radius 2 is 2.00 bits per heavy atom. The summed E-state index contributed by atoms with van der Waals surface area (Å²) >= 11 is 0. The van der Waals surface area contributed by atoms with Crippen LogP contribution in [0.15, 0.2) is 6.07 Å². The number of rotatable bonds is 4. The number of hydrogen-bond donors (Lipinski definition) is 0. The number of piperidine rings is 1. The average molecular weight is 370 g/mol. The smallest absolute Gasteiger partial charge is 0.433 e. The fraction of sp³-hybridized carbons (Fsp3) is 0.706. The average Bonchev–Trinajstić information content (AvgIpc) is 3.02. The first-order valence-electron chi connectivity index (χ1n) is 8.95. The van der Waals surface area contributed by atoms with E-state index < -0.39 is 11.9 Å².